The molecule has 0 fully saturated rings. The van der Waals surface area contributed by atoms with Crippen LogP contribution in [0.15, 0.2) is 0 Å². The third-order valence-electron chi connectivity index (χ3n) is 0.720. The first-order valence-electron chi connectivity index (χ1n) is 2.74. The molecule has 0 aliphatic heterocycles. The average Bonchev–Trinajstić information content (AvgIpc) is 1.59. The Morgan fingerprint density at radius 2 is 2.00 bits per heavy atom. The second kappa shape index (κ2) is 3.45. The van der Waals surface area contributed by atoms with Gasteiger partial charge in [-0.2, -0.15) is 0 Å². The van der Waals surface area contributed by atoms with Crippen molar-refractivity contribution in [2.45, 2.75) is 19.6 Å². The summed E-state index contributed by atoms with van der Waals surface area (Å²) in [5.74, 6) is 0. The maximum atomic E-state index is 9.96. The Bertz CT molecular complexity index is 112. The average molecular weight is 166 g/mol. The summed E-state index contributed by atoms with van der Waals surface area (Å²) in [4.78, 5) is 0. The molecule has 0 bridgehead atoms. The molecule has 0 aliphatic rings. The molecule has 5 heteroatoms. The van der Waals surface area contributed by atoms with Crippen molar-refractivity contribution in [1.82, 2.24) is 4.72 Å². The second-order valence-electron chi connectivity index (χ2n) is 3.12. The lowest BCUT2D eigenvalue weighted by molar-refractivity contribution is 0.527. The SMILES string of the molecule is C[Si](C)(C)CNS(=O)[O-]. The van der Waals surface area contributed by atoms with Gasteiger partial charge in [0.05, 0.1) is 8.07 Å². The number of hydrogen-bond donors (Lipinski definition) is 1. The van der Waals surface area contributed by atoms with Gasteiger partial charge in [0.1, 0.15) is 0 Å². The molecule has 3 nitrogen and oxygen atoms in total. The molecule has 0 radical (unpaired) electrons. The van der Waals surface area contributed by atoms with Crippen molar-refractivity contribution >= 4 is 19.3 Å². The second-order valence-corrected chi connectivity index (χ2v) is 9.35. The van der Waals surface area contributed by atoms with Gasteiger partial charge in [-0.05, 0) is 0 Å². The Balaban J connectivity index is 3.39. The largest absolute Gasteiger partial charge is 0.760 e. The minimum absolute atomic E-state index is 0.628. The summed E-state index contributed by atoms with van der Waals surface area (Å²) in [6.07, 6.45) is 0.628. The fourth-order valence-electron chi connectivity index (χ4n) is 0.275. The van der Waals surface area contributed by atoms with Crippen molar-refractivity contribution in [1.29, 1.82) is 0 Å². The Labute approximate surface area is 59.3 Å². The van der Waals surface area contributed by atoms with E-state index in [4.69, 9.17) is 0 Å². The van der Waals surface area contributed by atoms with Crippen molar-refractivity contribution in [2.75, 3.05) is 6.17 Å². The number of nitrogens with one attached hydrogen (secondary N) is 1. The zero-order valence-electron chi connectivity index (χ0n) is 5.93. The topological polar surface area (TPSA) is 52.2 Å². The van der Waals surface area contributed by atoms with Crippen molar-refractivity contribution in [2.24, 2.45) is 0 Å². The van der Waals surface area contributed by atoms with Gasteiger partial charge in [-0.15, -0.1) is 0 Å². The van der Waals surface area contributed by atoms with Crippen molar-refractivity contribution in [3.63, 3.8) is 0 Å². The number of rotatable bonds is 3. The Morgan fingerprint density at radius 1 is 1.56 bits per heavy atom. The van der Waals surface area contributed by atoms with E-state index in [1.165, 1.54) is 0 Å². The summed E-state index contributed by atoms with van der Waals surface area (Å²) in [6.45, 7) is 6.31. The van der Waals surface area contributed by atoms with Crippen LogP contribution in [0, 0.1) is 0 Å². The van der Waals surface area contributed by atoms with Crippen molar-refractivity contribution in [3.8, 4) is 0 Å². The highest BCUT2D eigenvalue weighted by Crippen LogP contribution is 1.96. The van der Waals surface area contributed by atoms with Gasteiger partial charge in [0.25, 0.3) is 0 Å². The highest BCUT2D eigenvalue weighted by atomic mass is 32.2. The van der Waals surface area contributed by atoms with E-state index >= 15 is 0 Å². The van der Waals surface area contributed by atoms with Gasteiger partial charge in [-0.1, -0.05) is 19.6 Å². The van der Waals surface area contributed by atoms with Crippen LogP contribution < -0.4 is 4.72 Å². The molecule has 0 aromatic heterocycles. The third kappa shape index (κ3) is 8.29. The molecular weight excluding hydrogens is 154 g/mol. The van der Waals surface area contributed by atoms with Crippen LogP contribution in [0.25, 0.3) is 0 Å². The highest BCUT2D eigenvalue weighted by Gasteiger charge is 2.11. The van der Waals surface area contributed by atoms with Gasteiger partial charge in [0.15, 0.2) is 0 Å². The van der Waals surface area contributed by atoms with Crippen LogP contribution in [-0.2, 0) is 11.3 Å². The molecule has 0 saturated carbocycles. The van der Waals surface area contributed by atoms with E-state index in [-0.39, 0.29) is 0 Å². The summed E-state index contributed by atoms with van der Waals surface area (Å²) < 4.78 is 22.3. The molecule has 56 valence electrons. The van der Waals surface area contributed by atoms with Gasteiger partial charge >= 0.3 is 0 Å². The Hall–Kier alpha value is 0.287. The minimum atomic E-state index is -2.08. The van der Waals surface area contributed by atoms with Crippen LogP contribution in [0.2, 0.25) is 19.6 Å². The highest BCUT2D eigenvalue weighted by molar-refractivity contribution is 7.77. The van der Waals surface area contributed by atoms with Crippen molar-refractivity contribution < 1.29 is 8.76 Å². The van der Waals surface area contributed by atoms with Crippen molar-refractivity contribution in [3.05, 3.63) is 0 Å². The first kappa shape index (κ1) is 9.29. The molecule has 0 aromatic carbocycles. The van der Waals surface area contributed by atoms with Crippen LogP contribution >= 0.6 is 0 Å². The molecule has 0 saturated heterocycles. The standard InChI is InChI=1S/C4H13NO2SSi/c1-9(2,3)4-5-8(6)7/h5H,4H2,1-3H3,(H,6,7)/p-1. The lowest BCUT2D eigenvalue weighted by Crippen LogP contribution is -2.37. The molecule has 9 heavy (non-hydrogen) atoms. The molecule has 0 amide bonds. The normalized spacial score (nSPS) is 15.6. The van der Waals surface area contributed by atoms with E-state index in [9.17, 15) is 8.76 Å². The van der Waals surface area contributed by atoms with Gasteiger partial charge < -0.3 is 4.55 Å². The fraction of sp³-hybridized carbons (Fsp3) is 1.00. The zero-order chi connectivity index (χ0) is 7.49. The minimum Gasteiger partial charge on any atom is -0.760 e. The van der Waals surface area contributed by atoms with E-state index in [1.807, 2.05) is 0 Å². The maximum Gasteiger partial charge on any atom is 0.0608 e. The third-order valence-corrected chi connectivity index (χ3v) is 2.59. The van der Waals surface area contributed by atoms with Crippen LogP contribution in [0.1, 0.15) is 0 Å². The van der Waals surface area contributed by atoms with E-state index < -0.39 is 19.3 Å². The summed E-state index contributed by atoms with van der Waals surface area (Å²) >= 11 is -2.08. The van der Waals surface area contributed by atoms with Gasteiger partial charge in [-0.25, -0.2) is 0 Å². The molecular formula is C4H12NO2SSi-. The van der Waals surface area contributed by atoms with Crippen LogP contribution in [-0.4, -0.2) is 23.0 Å². The Kier molecular flexibility index (Phi) is 3.56. The first-order chi connectivity index (χ1) is 3.92. The Morgan fingerprint density at radius 3 is 2.11 bits per heavy atom. The summed E-state index contributed by atoms with van der Waals surface area (Å²) in [6, 6.07) is 0. The molecule has 0 rings (SSSR count). The molecule has 0 aromatic rings. The van der Waals surface area contributed by atoms with Crippen LogP contribution in [0.3, 0.4) is 0 Å². The van der Waals surface area contributed by atoms with Crippen LogP contribution in [0.5, 0.6) is 0 Å². The van der Waals surface area contributed by atoms with E-state index in [0.717, 1.165) is 0 Å². The molecule has 0 aliphatic carbocycles. The monoisotopic (exact) mass is 166 g/mol. The maximum absolute atomic E-state index is 9.96. The van der Waals surface area contributed by atoms with E-state index in [0.29, 0.717) is 6.17 Å². The predicted molar refractivity (Wildman–Crippen MR) is 40.3 cm³/mol. The zero-order valence-corrected chi connectivity index (χ0v) is 7.75. The molecule has 1 unspecified atom stereocenters. The molecule has 0 heterocycles. The van der Waals surface area contributed by atoms with Crippen LogP contribution in [0.4, 0.5) is 0 Å². The van der Waals surface area contributed by atoms with E-state index in [2.05, 4.69) is 24.4 Å². The number of hydrogen-bond acceptors (Lipinski definition) is 2. The van der Waals surface area contributed by atoms with E-state index in [1.54, 1.807) is 0 Å². The predicted octanol–water partition coefficient (Wildman–Crippen LogP) is 0.247. The lowest BCUT2D eigenvalue weighted by atomic mass is 11.5. The summed E-state index contributed by atoms with van der Waals surface area (Å²) in [5, 5.41) is 0. The molecule has 0 spiro atoms. The first-order valence-corrected chi connectivity index (χ1v) is 7.53. The quantitative estimate of drug-likeness (QED) is 0.482. The molecule has 1 N–H and O–H groups in total. The van der Waals surface area contributed by atoms with Gasteiger partial charge in [0, 0.05) is 17.4 Å². The molecule has 1 atom stereocenters. The smallest absolute Gasteiger partial charge is 0.0608 e. The lowest BCUT2D eigenvalue weighted by Gasteiger charge is -2.17. The van der Waals surface area contributed by atoms with Gasteiger partial charge in [0.2, 0.25) is 0 Å². The fourth-order valence-corrected chi connectivity index (χ4v) is 2.48. The summed E-state index contributed by atoms with van der Waals surface area (Å²) in [5.41, 5.74) is 0. The summed E-state index contributed by atoms with van der Waals surface area (Å²) in [7, 11) is -1.22. The van der Waals surface area contributed by atoms with Gasteiger partial charge in [-0.3, -0.25) is 8.93 Å².